The molecule has 1 rings (SSSR count). The number of carbonyl (C=O) groups excluding carboxylic acids is 1. The molecule has 0 spiro atoms. The van der Waals surface area contributed by atoms with E-state index in [-0.39, 0.29) is 12.5 Å². The Morgan fingerprint density at radius 1 is 1.50 bits per heavy atom. The van der Waals surface area contributed by atoms with Gasteiger partial charge in [0.15, 0.2) is 5.13 Å². The van der Waals surface area contributed by atoms with E-state index in [2.05, 4.69) is 31.5 Å². The number of carboxylic acid groups (broad SMARTS) is 1. The Labute approximate surface area is 130 Å². The predicted octanol–water partition coefficient (Wildman–Crippen LogP) is 3.31. The Morgan fingerprint density at radius 3 is 2.80 bits per heavy atom. The summed E-state index contributed by atoms with van der Waals surface area (Å²) in [7, 11) is 0. The summed E-state index contributed by atoms with van der Waals surface area (Å²) in [5, 5.41) is 14.6. The van der Waals surface area contributed by atoms with Crippen molar-refractivity contribution in [1.29, 1.82) is 0 Å². The monoisotopic (exact) mass is 363 g/mol. The van der Waals surface area contributed by atoms with Gasteiger partial charge in [0, 0.05) is 13.0 Å². The van der Waals surface area contributed by atoms with Crippen LogP contribution < -0.4 is 10.6 Å². The molecule has 3 N–H and O–H groups in total. The van der Waals surface area contributed by atoms with Gasteiger partial charge in [0.25, 0.3) is 0 Å². The zero-order chi connectivity index (χ0) is 15.0. The number of halogens is 1. The molecule has 0 bridgehead atoms. The molecule has 1 heterocycles. The average Bonchev–Trinajstić information content (AvgIpc) is 2.78. The van der Waals surface area contributed by atoms with E-state index in [9.17, 15) is 9.59 Å². The molecule has 0 aliphatic rings. The predicted molar refractivity (Wildman–Crippen MR) is 82.1 cm³/mol. The average molecular weight is 364 g/mol. The zero-order valence-corrected chi connectivity index (χ0v) is 13.6. The van der Waals surface area contributed by atoms with Gasteiger partial charge >= 0.3 is 12.0 Å². The maximum atomic E-state index is 11.6. The van der Waals surface area contributed by atoms with E-state index in [0.717, 1.165) is 16.6 Å². The number of hydrogen-bond donors (Lipinski definition) is 3. The minimum atomic E-state index is -0.775. The summed E-state index contributed by atoms with van der Waals surface area (Å²) in [5.41, 5.74) is 0. The van der Waals surface area contributed by atoms with Gasteiger partial charge in [0.05, 0.1) is 9.98 Å². The Bertz CT molecular complexity index is 453. The number of hydrogen-bond acceptors (Lipinski definition) is 4. The van der Waals surface area contributed by atoms with Crippen LogP contribution in [0.1, 0.15) is 32.6 Å². The SMILES string of the molecule is CCC(CCNC(=O)Nc1ncc(Br)s1)CCC(=O)O. The summed E-state index contributed by atoms with van der Waals surface area (Å²) in [6.07, 6.45) is 4.14. The lowest BCUT2D eigenvalue weighted by Crippen LogP contribution is -2.30. The van der Waals surface area contributed by atoms with Crippen LogP contribution in [0.15, 0.2) is 9.98 Å². The van der Waals surface area contributed by atoms with E-state index in [1.54, 1.807) is 6.20 Å². The molecule has 1 unspecified atom stereocenters. The number of anilines is 1. The van der Waals surface area contributed by atoms with E-state index in [4.69, 9.17) is 5.11 Å². The van der Waals surface area contributed by atoms with Crippen molar-refractivity contribution in [3.05, 3.63) is 9.98 Å². The van der Waals surface area contributed by atoms with Crippen LogP contribution in [0.3, 0.4) is 0 Å². The number of aromatic nitrogens is 1. The first kappa shape index (κ1) is 16.9. The quantitative estimate of drug-likeness (QED) is 0.660. The van der Waals surface area contributed by atoms with Crippen molar-refractivity contribution in [2.45, 2.75) is 32.6 Å². The summed E-state index contributed by atoms with van der Waals surface area (Å²) in [5.74, 6) is -0.455. The van der Waals surface area contributed by atoms with Crippen molar-refractivity contribution >= 4 is 44.4 Å². The summed E-state index contributed by atoms with van der Waals surface area (Å²) >= 11 is 4.61. The van der Waals surface area contributed by atoms with Crippen molar-refractivity contribution in [3.63, 3.8) is 0 Å². The second-order valence-corrected chi connectivity index (χ2v) is 6.76. The number of nitrogens with zero attached hydrogens (tertiary/aromatic N) is 1. The largest absolute Gasteiger partial charge is 0.481 e. The third kappa shape index (κ3) is 6.85. The lowest BCUT2D eigenvalue weighted by Gasteiger charge is -2.13. The molecule has 0 saturated heterocycles. The van der Waals surface area contributed by atoms with Gasteiger partial charge in [-0.15, -0.1) is 0 Å². The summed E-state index contributed by atoms with van der Waals surface area (Å²) < 4.78 is 0.854. The number of nitrogens with one attached hydrogen (secondary N) is 2. The fourth-order valence-electron chi connectivity index (χ4n) is 1.72. The molecule has 1 atom stereocenters. The molecule has 20 heavy (non-hydrogen) atoms. The van der Waals surface area contributed by atoms with Crippen molar-refractivity contribution < 1.29 is 14.7 Å². The van der Waals surface area contributed by atoms with Crippen molar-refractivity contribution in [2.24, 2.45) is 5.92 Å². The molecule has 1 aromatic rings. The third-order valence-electron chi connectivity index (χ3n) is 2.88. The summed E-state index contributed by atoms with van der Waals surface area (Å²) in [4.78, 5) is 26.1. The number of thiazole rings is 1. The first-order valence-corrected chi connectivity index (χ1v) is 8.00. The zero-order valence-electron chi connectivity index (χ0n) is 11.2. The fraction of sp³-hybridized carbons (Fsp3) is 0.583. The first-order chi connectivity index (χ1) is 9.51. The van der Waals surface area contributed by atoms with E-state index in [0.29, 0.717) is 24.0 Å². The van der Waals surface area contributed by atoms with Gasteiger partial charge in [-0.05, 0) is 34.7 Å². The van der Waals surface area contributed by atoms with Crippen molar-refractivity contribution in [2.75, 3.05) is 11.9 Å². The van der Waals surface area contributed by atoms with Crippen LogP contribution in [-0.4, -0.2) is 28.6 Å². The third-order valence-corrected chi connectivity index (χ3v) is 4.27. The van der Waals surface area contributed by atoms with Gasteiger partial charge in [-0.1, -0.05) is 24.7 Å². The second kappa shape index (κ2) is 8.91. The number of carbonyl (C=O) groups is 2. The van der Waals surface area contributed by atoms with Gasteiger partial charge in [0.2, 0.25) is 0 Å². The highest BCUT2D eigenvalue weighted by Gasteiger charge is 2.10. The summed E-state index contributed by atoms with van der Waals surface area (Å²) in [6.45, 7) is 2.55. The van der Waals surface area contributed by atoms with Crippen LogP contribution >= 0.6 is 27.3 Å². The van der Waals surface area contributed by atoms with Gasteiger partial charge in [-0.25, -0.2) is 9.78 Å². The Balaban J connectivity index is 2.21. The first-order valence-electron chi connectivity index (χ1n) is 6.39. The van der Waals surface area contributed by atoms with Gasteiger partial charge in [0.1, 0.15) is 0 Å². The molecule has 1 aromatic heterocycles. The van der Waals surface area contributed by atoms with Gasteiger partial charge < -0.3 is 10.4 Å². The highest BCUT2D eigenvalue weighted by molar-refractivity contribution is 9.11. The van der Waals surface area contributed by atoms with Crippen molar-refractivity contribution in [3.8, 4) is 0 Å². The molecule has 0 radical (unpaired) electrons. The molecular weight excluding hydrogens is 346 g/mol. The van der Waals surface area contributed by atoms with Crippen LogP contribution in [-0.2, 0) is 4.79 Å². The number of urea groups is 1. The number of rotatable bonds is 8. The normalized spacial score (nSPS) is 11.9. The topological polar surface area (TPSA) is 91.3 Å². The molecular formula is C12H18BrN3O3S. The minimum absolute atomic E-state index is 0.178. The van der Waals surface area contributed by atoms with Crippen molar-refractivity contribution in [1.82, 2.24) is 10.3 Å². The maximum absolute atomic E-state index is 11.6. The summed E-state index contributed by atoms with van der Waals surface area (Å²) in [6, 6.07) is -0.292. The number of carboxylic acids is 1. The van der Waals surface area contributed by atoms with Gasteiger partial charge in [-0.3, -0.25) is 10.1 Å². The molecule has 112 valence electrons. The lowest BCUT2D eigenvalue weighted by atomic mass is 9.97. The molecule has 0 aliphatic carbocycles. The van der Waals surface area contributed by atoms with Crippen LogP contribution in [0, 0.1) is 5.92 Å². The standard InChI is InChI=1S/C12H18BrN3O3S/c1-2-8(3-4-10(17)18)5-6-14-11(19)16-12-15-7-9(13)20-12/h7-8H,2-6H2,1H3,(H,17,18)(H2,14,15,16,19). The van der Waals surface area contributed by atoms with Crippen LogP contribution in [0.25, 0.3) is 0 Å². The Kier molecular flexibility index (Phi) is 7.53. The Morgan fingerprint density at radius 2 is 2.25 bits per heavy atom. The number of aliphatic carboxylic acids is 1. The smallest absolute Gasteiger partial charge is 0.321 e. The van der Waals surface area contributed by atoms with Crippen LogP contribution in [0.5, 0.6) is 0 Å². The van der Waals surface area contributed by atoms with E-state index in [1.807, 2.05) is 6.92 Å². The number of amides is 2. The maximum Gasteiger partial charge on any atom is 0.321 e. The van der Waals surface area contributed by atoms with Crippen LogP contribution in [0.4, 0.5) is 9.93 Å². The molecule has 0 aromatic carbocycles. The molecule has 0 saturated carbocycles. The minimum Gasteiger partial charge on any atom is -0.481 e. The van der Waals surface area contributed by atoms with E-state index >= 15 is 0 Å². The molecule has 0 fully saturated rings. The Hall–Kier alpha value is -1.15. The molecule has 6 nitrogen and oxygen atoms in total. The molecule has 8 heteroatoms. The lowest BCUT2D eigenvalue weighted by molar-refractivity contribution is -0.137. The highest BCUT2D eigenvalue weighted by atomic mass is 79.9. The van der Waals surface area contributed by atoms with E-state index in [1.165, 1.54) is 11.3 Å². The van der Waals surface area contributed by atoms with E-state index < -0.39 is 5.97 Å². The van der Waals surface area contributed by atoms with Gasteiger partial charge in [-0.2, -0.15) is 0 Å². The fourth-order valence-corrected chi connectivity index (χ4v) is 2.83. The second-order valence-electron chi connectivity index (χ2n) is 4.35. The highest BCUT2D eigenvalue weighted by Crippen LogP contribution is 2.22. The molecule has 2 amide bonds. The van der Waals surface area contributed by atoms with Crippen LogP contribution in [0.2, 0.25) is 0 Å². The molecule has 0 aliphatic heterocycles.